The van der Waals surface area contributed by atoms with E-state index in [1.54, 1.807) is 17.7 Å². The molecule has 1 unspecified atom stereocenters. The minimum absolute atomic E-state index is 0.0318. The van der Waals surface area contributed by atoms with Crippen molar-refractivity contribution in [2.75, 3.05) is 6.61 Å². The van der Waals surface area contributed by atoms with E-state index < -0.39 is 0 Å². The molecule has 1 atom stereocenters. The summed E-state index contributed by atoms with van der Waals surface area (Å²) in [6, 6.07) is 7.16. The molecule has 0 fully saturated rings. The lowest BCUT2D eigenvalue weighted by Gasteiger charge is -2.14. The number of nitrogens with zero attached hydrogens (tertiary/aromatic N) is 3. The van der Waals surface area contributed by atoms with E-state index in [0.29, 0.717) is 22.8 Å². The Morgan fingerprint density at radius 3 is 2.82 bits per heavy atom. The quantitative estimate of drug-likeness (QED) is 0.853. The maximum Gasteiger partial charge on any atom is 0.273 e. The molecule has 0 spiro atoms. The zero-order valence-corrected chi connectivity index (χ0v) is 13.3. The Balaban J connectivity index is 2.24. The number of benzene rings is 1. The fourth-order valence-electron chi connectivity index (χ4n) is 2.18. The number of aliphatic hydroxyl groups excluding tert-OH is 1. The smallest absolute Gasteiger partial charge is 0.273 e. The number of aliphatic hydroxyl groups is 1. The molecule has 0 aliphatic heterocycles. The first-order chi connectivity index (χ1) is 10.6. The molecule has 1 aromatic heterocycles. The van der Waals surface area contributed by atoms with Crippen LogP contribution in [0, 0.1) is 6.92 Å². The third kappa shape index (κ3) is 3.45. The number of hydrogen-bond acceptors (Lipinski definition) is 4. The highest BCUT2D eigenvalue weighted by Gasteiger charge is 2.20. The maximum absolute atomic E-state index is 12.3. The lowest BCUT2D eigenvalue weighted by atomic mass is 10.1. The van der Waals surface area contributed by atoms with Gasteiger partial charge in [-0.2, -0.15) is 0 Å². The van der Waals surface area contributed by atoms with E-state index in [4.69, 9.17) is 16.7 Å². The molecule has 118 valence electrons. The minimum Gasteiger partial charge on any atom is -0.396 e. The number of aromatic nitrogens is 3. The normalized spacial score (nSPS) is 12.2. The number of para-hydroxylation sites is 1. The summed E-state index contributed by atoms with van der Waals surface area (Å²) in [5.74, 6) is -0.295. The first-order valence-corrected chi connectivity index (χ1v) is 7.55. The molecule has 0 bridgehead atoms. The molecule has 0 aliphatic carbocycles. The van der Waals surface area contributed by atoms with Gasteiger partial charge in [-0.1, -0.05) is 35.9 Å². The van der Waals surface area contributed by atoms with E-state index in [1.165, 1.54) is 0 Å². The maximum atomic E-state index is 12.3. The summed E-state index contributed by atoms with van der Waals surface area (Å²) in [5.41, 5.74) is 1.55. The van der Waals surface area contributed by atoms with Gasteiger partial charge in [-0.25, -0.2) is 4.68 Å². The summed E-state index contributed by atoms with van der Waals surface area (Å²) < 4.78 is 1.55. The first-order valence-electron chi connectivity index (χ1n) is 7.17. The number of hydrogen-bond donors (Lipinski definition) is 2. The largest absolute Gasteiger partial charge is 0.396 e. The molecule has 1 aromatic carbocycles. The average molecular weight is 323 g/mol. The minimum atomic E-state index is -0.295. The Morgan fingerprint density at radius 2 is 2.18 bits per heavy atom. The summed E-state index contributed by atoms with van der Waals surface area (Å²) in [6.45, 7) is 3.75. The van der Waals surface area contributed by atoms with E-state index in [0.717, 1.165) is 6.42 Å². The van der Waals surface area contributed by atoms with E-state index in [1.807, 2.05) is 25.1 Å². The number of carbonyl (C=O) groups is 1. The van der Waals surface area contributed by atoms with Gasteiger partial charge in [0.25, 0.3) is 5.91 Å². The van der Waals surface area contributed by atoms with Gasteiger partial charge in [0.2, 0.25) is 0 Å². The summed E-state index contributed by atoms with van der Waals surface area (Å²) in [7, 11) is 0. The lowest BCUT2D eigenvalue weighted by molar-refractivity contribution is 0.0923. The highest BCUT2D eigenvalue weighted by atomic mass is 35.5. The van der Waals surface area contributed by atoms with Crippen LogP contribution in [0.5, 0.6) is 0 Å². The van der Waals surface area contributed by atoms with Gasteiger partial charge in [0.1, 0.15) is 0 Å². The monoisotopic (exact) mass is 322 g/mol. The van der Waals surface area contributed by atoms with Crippen molar-refractivity contribution in [1.29, 1.82) is 0 Å². The van der Waals surface area contributed by atoms with Crippen LogP contribution in [0.4, 0.5) is 0 Å². The van der Waals surface area contributed by atoms with Gasteiger partial charge in [0.05, 0.1) is 16.4 Å². The Hall–Kier alpha value is -1.92. The van der Waals surface area contributed by atoms with Crippen molar-refractivity contribution in [3.05, 3.63) is 40.7 Å². The second kappa shape index (κ2) is 7.38. The lowest BCUT2D eigenvalue weighted by Crippen LogP contribution is -2.35. The zero-order chi connectivity index (χ0) is 16.1. The molecule has 2 rings (SSSR count). The van der Waals surface area contributed by atoms with Gasteiger partial charge < -0.3 is 10.4 Å². The molecule has 0 aliphatic rings. The highest BCUT2D eigenvalue weighted by Crippen LogP contribution is 2.21. The molecule has 7 heteroatoms. The van der Waals surface area contributed by atoms with E-state index in [9.17, 15) is 4.79 Å². The van der Waals surface area contributed by atoms with Crippen LogP contribution in [0.15, 0.2) is 24.3 Å². The highest BCUT2D eigenvalue weighted by molar-refractivity contribution is 6.32. The van der Waals surface area contributed by atoms with Crippen molar-refractivity contribution in [2.24, 2.45) is 0 Å². The summed E-state index contributed by atoms with van der Waals surface area (Å²) in [6.07, 6.45) is 1.25. The zero-order valence-electron chi connectivity index (χ0n) is 12.6. The molecule has 22 heavy (non-hydrogen) atoms. The van der Waals surface area contributed by atoms with Gasteiger partial charge in [-0.3, -0.25) is 4.79 Å². The third-order valence-corrected chi connectivity index (χ3v) is 3.82. The van der Waals surface area contributed by atoms with Crippen molar-refractivity contribution in [2.45, 2.75) is 32.7 Å². The van der Waals surface area contributed by atoms with Crippen molar-refractivity contribution in [3.8, 4) is 5.69 Å². The van der Waals surface area contributed by atoms with E-state index >= 15 is 0 Å². The number of carbonyl (C=O) groups excluding carboxylic acids is 1. The fraction of sp³-hybridized carbons (Fsp3) is 0.400. The predicted octanol–water partition coefficient (Wildman–Crippen LogP) is 2.12. The molecule has 1 heterocycles. The van der Waals surface area contributed by atoms with Crippen LogP contribution in [0.3, 0.4) is 0 Å². The predicted molar refractivity (Wildman–Crippen MR) is 84.4 cm³/mol. The van der Waals surface area contributed by atoms with Crippen LogP contribution in [0.1, 0.15) is 35.9 Å². The van der Waals surface area contributed by atoms with Gasteiger partial charge in [0.15, 0.2) is 5.69 Å². The number of halogens is 1. The Kier molecular flexibility index (Phi) is 5.51. The van der Waals surface area contributed by atoms with Crippen LogP contribution < -0.4 is 5.32 Å². The third-order valence-electron chi connectivity index (χ3n) is 3.50. The molecule has 2 aromatic rings. The molecule has 1 amide bonds. The molecule has 2 N–H and O–H groups in total. The number of amides is 1. The van der Waals surface area contributed by atoms with Gasteiger partial charge >= 0.3 is 0 Å². The van der Waals surface area contributed by atoms with E-state index in [2.05, 4.69) is 15.6 Å². The second-order valence-electron chi connectivity index (χ2n) is 4.98. The molecule has 0 radical (unpaired) electrons. The molecular formula is C15H19ClN4O2. The standard InChI is InChI=1S/C15H19ClN4O2/c1-3-11(8-9-21)17-15(22)14-10(2)20(19-18-14)13-7-5-4-6-12(13)16/h4-7,11,21H,3,8-9H2,1-2H3,(H,17,22). The van der Waals surface area contributed by atoms with Crippen molar-refractivity contribution >= 4 is 17.5 Å². The average Bonchev–Trinajstić information content (AvgIpc) is 2.89. The molecule has 0 saturated heterocycles. The fourth-order valence-corrected chi connectivity index (χ4v) is 2.40. The van der Waals surface area contributed by atoms with Crippen molar-refractivity contribution in [1.82, 2.24) is 20.3 Å². The van der Waals surface area contributed by atoms with Crippen LogP contribution in [0.25, 0.3) is 5.69 Å². The SMILES string of the molecule is CCC(CCO)NC(=O)c1nnn(-c2ccccc2Cl)c1C. The van der Waals surface area contributed by atoms with Gasteiger partial charge in [-0.15, -0.1) is 5.10 Å². The number of rotatable bonds is 6. The Labute approximate surface area is 134 Å². The Bertz CT molecular complexity index is 657. The van der Waals surface area contributed by atoms with Gasteiger partial charge in [0, 0.05) is 12.6 Å². The van der Waals surface area contributed by atoms with Crippen LogP contribution in [-0.4, -0.2) is 38.7 Å². The summed E-state index contributed by atoms with van der Waals surface area (Å²) in [5, 5.41) is 20.4. The van der Waals surface area contributed by atoms with Gasteiger partial charge in [-0.05, 0) is 31.9 Å². The number of nitrogens with one attached hydrogen (secondary N) is 1. The molecule has 6 nitrogen and oxygen atoms in total. The van der Waals surface area contributed by atoms with Crippen LogP contribution in [0.2, 0.25) is 5.02 Å². The second-order valence-corrected chi connectivity index (χ2v) is 5.38. The summed E-state index contributed by atoms with van der Waals surface area (Å²) in [4.78, 5) is 12.3. The topological polar surface area (TPSA) is 80.0 Å². The van der Waals surface area contributed by atoms with Crippen LogP contribution >= 0.6 is 11.6 Å². The first kappa shape index (κ1) is 16.5. The van der Waals surface area contributed by atoms with E-state index in [-0.39, 0.29) is 24.2 Å². The van der Waals surface area contributed by atoms with Crippen molar-refractivity contribution in [3.63, 3.8) is 0 Å². The Morgan fingerprint density at radius 1 is 1.45 bits per heavy atom. The molecule has 0 saturated carbocycles. The molecular weight excluding hydrogens is 304 g/mol. The van der Waals surface area contributed by atoms with Crippen molar-refractivity contribution < 1.29 is 9.90 Å². The van der Waals surface area contributed by atoms with Crippen LogP contribution in [-0.2, 0) is 0 Å². The summed E-state index contributed by atoms with van der Waals surface area (Å²) >= 11 is 6.15.